The minimum absolute atomic E-state index is 0.163. The third-order valence-corrected chi connectivity index (χ3v) is 2.23. The molecule has 1 heterocycles. The van der Waals surface area contributed by atoms with E-state index in [0.717, 1.165) is 0 Å². The van der Waals surface area contributed by atoms with E-state index in [1.807, 2.05) is 12.1 Å². The van der Waals surface area contributed by atoms with Crippen molar-refractivity contribution in [3.63, 3.8) is 0 Å². The van der Waals surface area contributed by atoms with Crippen LogP contribution in [-0.4, -0.2) is 16.7 Å². The summed E-state index contributed by atoms with van der Waals surface area (Å²) in [6, 6.07) is 10.4. The van der Waals surface area contributed by atoms with Gasteiger partial charge < -0.3 is 5.32 Å². The summed E-state index contributed by atoms with van der Waals surface area (Å²) in [6.45, 7) is 0.639. The molecule has 2 rings (SSSR count). The van der Waals surface area contributed by atoms with Crippen molar-refractivity contribution in [1.82, 2.24) is 10.2 Å². The van der Waals surface area contributed by atoms with E-state index in [0.29, 0.717) is 24.3 Å². The largest absolute Gasteiger partial charge is 0.368 e. The van der Waals surface area contributed by atoms with Gasteiger partial charge in [-0.2, -0.15) is 5.10 Å². The highest BCUT2D eigenvalue weighted by molar-refractivity contribution is 5.31. The molecule has 0 bridgehead atoms. The summed E-state index contributed by atoms with van der Waals surface area (Å²) < 4.78 is 13.3. The van der Waals surface area contributed by atoms with Gasteiger partial charge >= 0.3 is 0 Å². The van der Waals surface area contributed by atoms with Crippen LogP contribution in [0.3, 0.4) is 0 Å². The summed E-state index contributed by atoms with van der Waals surface area (Å²) in [5.41, 5.74) is 0.707. The number of anilines is 1. The lowest BCUT2D eigenvalue weighted by Gasteiger charge is -2.05. The normalized spacial score (nSPS) is 10.1. The van der Waals surface area contributed by atoms with E-state index in [1.54, 1.807) is 24.4 Å². The molecule has 0 saturated carbocycles. The van der Waals surface area contributed by atoms with Crippen LogP contribution in [0.4, 0.5) is 10.2 Å². The Bertz CT molecular complexity index is 445. The van der Waals surface area contributed by atoms with E-state index in [4.69, 9.17) is 0 Å². The Morgan fingerprint density at radius 2 is 2.00 bits per heavy atom. The molecule has 0 saturated heterocycles. The van der Waals surface area contributed by atoms with Crippen molar-refractivity contribution in [2.45, 2.75) is 6.42 Å². The van der Waals surface area contributed by atoms with E-state index in [2.05, 4.69) is 15.5 Å². The molecule has 0 aliphatic rings. The molecule has 0 radical (unpaired) electrons. The van der Waals surface area contributed by atoms with Crippen molar-refractivity contribution in [3.05, 3.63) is 54.0 Å². The molecule has 1 aromatic carbocycles. The van der Waals surface area contributed by atoms with E-state index >= 15 is 0 Å². The molecule has 3 nitrogen and oxygen atoms in total. The third-order valence-electron chi connectivity index (χ3n) is 2.23. The van der Waals surface area contributed by atoms with Gasteiger partial charge in [0.1, 0.15) is 11.6 Å². The van der Waals surface area contributed by atoms with Crippen molar-refractivity contribution < 1.29 is 4.39 Å². The molecule has 4 heteroatoms. The molecule has 0 unspecified atom stereocenters. The Hall–Kier alpha value is -1.97. The first-order chi connectivity index (χ1) is 7.86. The zero-order valence-corrected chi connectivity index (χ0v) is 8.73. The van der Waals surface area contributed by atoms with Crippen molar-refractivity contribution in [3.8, 4) is 0 Å². The lowest BCUT2D eigenvalue weighted by Crippen LogP contribution is -2.07. The number of rotatable bonds is 4. The second-order valence-electron chi connectivity index (χ2n) is 3.38. The molecule has 16 heavy (non-hydrogen) atoms. The first-order valence-electron chi connectivity index (χ1n) is 5.11. The SMILES string of the molecule is Fc1ccccc1CCNc1cccnn1. The topological polar surface area (TPSA) is 37.8 Å². The zero-order chi connectivity index (χ0) is 11.2. The molecule has 0 spiro atoms. The molecule has 82 valence electrons. The molecule has 0 amide bonds. The Morgan fingerprint density at radius 1 is 1.12 bits per heavy atom. The van der Waals surface area contributed by atoms with Crippen molar-refractivity contribution in [2.75, 3.05) is 11.9 Å². The van der Waals surface area contributed by atoms with Gasteiger partial charge in [-0.05, 0) is 30.2 Å². The van der Waals surface area contributed by atoms with Crippen LogP contribution in [0.2, 0.25) is 0 Å². The third kappa shape index (κ3) is 2.76. The van der Waals surface area contributed by atoms with Crippen molar-refractivity contribution in [2.24, 2.45) is 0 Å². The van der Waals surface area contributed by atoms with Crippen LogP contribution in [0, 0.1) is 5.82 Å². The quantitative estimate of drug-likeness (QED) is 0.853. The molecule has 0 aliphatic carbocycles. The number of nitrogens with zero attached hydrogens (tertiary/aromatic N) is 2. The predicted octanol–water partition coefficient (Wildman–Crippen LogP) is 2.27. The molecule has 0 aliphatic heterocycles. The zero-order valence-electron chi connectivity index (χ0n) is 8.73. The summed E-state index contributed by atoms with van der Waals surface area (Å²) in [7, 11) is 0. The van der Waals surface area contributed by atoms with Gasteiger partial charge in [-0.1, -0.05) is 18.2 Å². The van der Waals surface area contributed by atoms with Crippen LogP contribution in [0.25, 0.3) is 0 Å². The minimum atomic E-state index is -0.163. The Morgan fingerprint density at radius 3 is 2.75 bits per heavy atom. The fourth-order valence-corrected chi connectivity index (χ4v) is 1.42. The number of hydrogen-bond donors (Lipinski definition) is 1. The fourth-order valence-electron chi connectivity index (χ4n) is 1.42. The second-order valence-corrected chi connectivity index (χ2v) is 3.38. The highest BCUT2D eigenvalue weighted by atomic mass is 19.1. The number of nitrogens with one attached hydrogen (secondary N) is 1. The van der Waals surface area contributed by atoms with E-state index in [1.165, 1.54) is 6.07 Å². The molecule has 2 aromatic rings. The average molecular weight is 217 g/mol. The maximum atomic E-state index is 13.3. The molecular formula is C12H12FN3. The van der Waals surface area contributed by atoms with Gasteiger partial charge in [0.2, 0.25) is 0 Å². The van der Waals surface area contributed by atoms with Crippen LogP contribution in [0.5, 0.6) is 0 Å². The van der Waals surface area contributed by atoms with Gasteiger partial charge in [0.15, 0.2) is 0 Å². The maximum Gasteiger partial charge on any atom is 0.148 e. The number of aromatic nitrogens is 2. The highest BCUT2D eigenvalue weighted by Crippen LogP contribution is 2.07. The van der Waals surface area contributed by atoms with E-state index < -0.39 is 0 Å². The van der Waals surface area contributed by atoms with E-state index in [-0.39, 0.29) is 5.82 Å². The van der Waals surface area contributed by atoms with Gasteiger partial charge in [-0.15, -0.1) is 5.10 Å². The first-order valence-corrected chi connectivity index (χ1v) is 5.11. The molecular weight excluding hydrogens is 205 g/mol. The number of benzene rings is 1. The van der Waals surface area contributed by atoms with Gasteiger partial charge in [-0.3, -0.25) is 0 Å². The van der Waals surface area contributed by atoms with Gasteiger partial charge in [0.25, 0.3) is 0 Å². The Kier molecular flexibility index (Phi) is 3.43. The van der Waals surface area contributed by atoms with Gasteiger partial charge in [0.05, 0.1) is 0 Å². The Labute approximate surface area is 93.3 Å². The molecule has 0 fully saturated rings. The van der Waals surface area contributed by atoms with Gasteiger partial charge in [-0.25, -0.2) is 4.39 Å². The maximum absolute atomic E-state index is 13.3. The van der Waals surface area contributed by atoms with Crippen molar-refractivity contribution in [1.29, 1.82) is 0 Å². The highest BCUT2D eigenvalue weighted by Gasteiger charge is 1.99. The standard InChI is InChI=1S/C12H12FN3/c13-11-5-2-1-4-10(11)7-9-14-12-6-3-8-15-16-12/h1-6,8H,7,9H2,(H,14,16). The monoisotopic (exact) mass is 217 g/mol. The summed E-state index contributed by atoms with van der Waals surface area (Å²) in [6.07, 6.45) is 2.24. The lowest BCUT2D eigenvalue weighted by molar-refractivity contribution is 0.610. The molecule has 0 atom stereocenters. The predicted molar refractivity (Wildman–Crippen MR) is 60.6 cm³/mol. The van der Waals surface area contributed by atoms with Crippen LogP contribution < -0.4 is 5.32 Å². The lowest BCUT2D eigenvalue weighted by atomic mass is 10.1. The van der Waals surface area contributed by atoms with Crippen LogP contribution in [-0.2, 0) is 6.42 Å². The summed E-state index contributed by atoms with van der Waals surface area (Å²) in [4.78, 5) is 0. The van der Waals surface area contributed by atoms with E-state index in [9.17, 15) is 4.39 Å². The minimum Gasteiger partial charge on any atom is -0.368 e. The van der Waals surface area contributed by atoms with Gasteiger partial charge in [0, 0.05) is 12.7 Å². The first kappa shape index (κ1) is 10.5. The summed E-state index contributed by atoms with van der Waals surface area (Å²) >= 11 is 0. The fraction of sp³-hybridized carbons (Fsp3) is 0.167. The van der Waals surface area contributed by atoms with Crippen LogP contribution >= 0.6 is 0 Å². The average Bonchev–Trinajstić information content (AvgIpc) is 2.33. The smallest absolute Gasteiger partial charge is 0.148 e. The van der Waals surface area contributed by atoms with Crippen LogP contribution in [0.1, 0.15) is 5.56 Å². The second kappa shape index (κ2) is 5.21. The number of hydrogen-bond acceptors (Lipinski definition) is 3. The summed E-state index contributed by atoms with van der Waals surface area (Å²) in [5, 5.41) is 10.7. The summed E-state index contributed by atoms with van der Waals surface area (Å²) in [5.74, 6) is 0.544. The number of halogens is 1. The van der Waals surface area contributed by atoms with Crippen LogP contribution in [0.15, 0.2) is 42.6 Å². The Balaban J connectivity index is 1.87. The van der Waals surface area contributed by atoms with Crippen molar-refractivity contribution >= 4 is 5.82 Å². The molecule has 1 N–H and O–H groups in total. The molecule has 1 aromatic heterocycles.